The van der Waals surface area contributed by atoms with E-state index in [1.807, 2.05) is 0 Å². The predicted molar refractivity (Wildman–Crippen MR) is 56.8 cm³/mol. The Kier molecular flexibility index (Phi) is 3.14. The van der Waals surface area contributed by atoms with Crippen LogP contribution in [-0.4, -0.2) is 46.7 Å². The molecular weight excluding hydrogens is 226 g/mol. The summed E-state index contributed by atoms with van der Waals surface area (Å²) in [4.78, 5) is 24.1. The van der Waals surface area contributed by atoms with Gasteiger partial charge in [-0.15, -0.1) is 0 Å². The molecule has 2 N–H and O–H groups in total. The number of nitrogens with zero attached hydrogens (tertiary/aromatic N) is 1. The standard InChI is InChI=1S/C11H13NO5/c13-6-7-3-4-12(5-7)10(14)8-1-2-9(17-8)11(15)16/h1-2,7,13H,3-6H2,(H,15,16). The van der Waals surface area contributed by atoms with E-state index in [9.17, 15) is 9.59 Å². The topological polar surface area (TPSA) is 91.0 Å². The highest BCUT2D eigenvalue weighted by molar-refractivity contribution is 5.93. The summed E-state index contributed by atoms with van der Waals surface area (Å²) in [5, 5.41) is 17.6. The molecule has 1 aromatic rings. The van der Waals surface area contributed by atoms with Crippen molar-refractivity contribution < 1.29 is 24.2 Å². The molecule has 0 radical (unpaired) electrons. The summed E-state index contributed by atoms with van der Waals surface area (Å²) in [5.41, 5.74) is 0. The fraction of sp³-hybridized carbons (Fsp3) is 0.455. The van der Waals surface area contributed by atoms with Crippen molar-refractivity contribution in [1.29, 1.82) is 0 Å². The molecule has 1 unspecified atom stereocenters. The van der Waals surface area contributed by atoms with E-state index in [0.29, 0.717) is 13.1 Å². The molecule has 0 aromatic carbocycles. The van der Waals surface area contributed by atoms with Crippen LogP contribution in [0.5, 0.6) is 0 Å². The molecule has 0 bridgehead atoms. The quantitative estimate of drug-likeness (QED) is 0.798. The highest BCUT2D eigenvalue weighted by Crippen LogP contribution is 2.19. The zero-order chi connectivity index (χ0) is 12.4. The molecule has 0 saturated carbocycles. The molecule has 0 spiro atoms. The molecule has 1 fully saturated rings. The number of carboxylic acids is 1. The van der Waals surface area contributed by atoms with Crippen LogP contribution in [0.15, 0.2) is 16.5 Å². The van der Waals surface area contributed by atoms with Gasteiger partial charge in [0.25, 0.3) is 5.91 Å². The first-order chi connectivity index (χ1) is 8.11. The van der Waals surface area contributed by atoms with Gasteiger partial charge in [0.2, 0.25) is 5.76 Å². The molecule has 1 saturated heterocycles. The van der Waals surface area contributed by atoms with Gasteiger partial charge in [-0.05, 0) is 18.6 Å². The number of furan rings is 1. The third-order valence-electron chi connectivity index (χ3n) is 2.86. The number of likely N-dealkylation sites (tertiary alicyclic amines) is 1. The predicted octanol–water partition coefficient (Wildman–Crippen LogP) is 0.432. The molecule has 1 amide bonds. The summed E-state index contributed by atoms with van der Waals surface area (Å²) >= 11 is 0. The summed E-state index contributed by atoms with van der Waals surface area (Å²) in [5.74, 6) is -1.63. The van der Waals surface area contributed by atoms with Crippen LogP contribution in [0.4, 0.5) is 0 Å². The van der Waals surface area contributed by atoms with Crippen LogP contribution in [0.2, 0.25) is 0 Å². The number of carbonyl (C=O) groups excluding carboxylic acids is 1. The van der Waals surface area contributed by atoms with E-state index in [4.69, 9.17) is 14.6 Å². The Labute approximate surface area is 97.4 Å². The molecule has 1 aliphatic rings. The number of amides is 1. The van der Waals surface area contributed by atoms with E-state index in [0.717, 1.165) is 6.42 Å². The van der Waals surface area contributed by atoms with E-state index >= 15 is 0 Å². The zero-order valence-electron chi connectivity index (χ0n) is 9.13. The second-order valence-electron chi connectivity index (χ2n) is 4.06. The van der Waals surface area contributed by atoms with Crippen LogP contribution in [-0.2, 0) is 0 Å². The largest absolute Gasteiger partial charge is 0.475 e. The maximum absolute atomic E-state index is 11.9. The third-order valence-corrected chi connectivity index (χ3v) is 2.86. The normalized spacial score (nSPS) is 19.6. The van der Waals surface area contributed by atoms with Gasteiger partial charge in [0.15, 0.2) is 5.76 Å². The Morgan fingerprint density at radius 1 is 1.41 bits per heavy atom. The lowest BCUT2D eigenvalue weighted by molar-refractivity contribution is 0.0653. The Morgan fingerprint density at radius 3 is 2.65 bits per heavy atom. The average molecular weight is 239 g/mol. The minimum atomic E-state index is -1.20. The second kappa shape index (κ2) is 4.58. The maximum atomic E-state index is 11.9. The van der Waals surface area contributed by atoms with Crippen LogP contribution in [0.25, 0.3) is 0 Å². The molecule has 1 aromatic heterocycles. The molecule has 6 nitrogen and oxygen atoms in total. The Morgan fingerprint density at radius 2 is 2.12 bits per heavy atom. The van der Waals surface area contributed by atoms with Crippen molar-refractivity contribution in [2.75, 3.05) is 19.7 Å². The van der Waals surface area contributed by atoms with Crippen LogP contribution in [0, 0.1) is 5.92 Å². The fourth-order valence-corrected chi connectivity index (χ4v) is 1.89. The summed E-state index contributed by atoms with van der Waals surface area (Å²) in [6, 6.07) is 2.62. The van der Waals surface area contributed by atoms with Crippen molar-refractivity contribution in [3.8, 4) is 0 Å². The van der Waals surface area contributed by atoms with Crippen LogP contribution in [0.3, 0.4) is 0 Å². The van der Waals surface area contributed by atoms with Crippen LogP contribution in [0.1, 0.15) is 27.5 Å². The summed E-state index contributed by atoms with van der Waals surface area (Å²) in [7, 11) is 0. The number of hydrogen-bond acceptors (Lipinski definition) is 4. The number of aliphatic hydroxyl groups is 1. The Hall–Kier alpha value is -1.82. The first-order valence-electron chi connectivity index (χ1n) is 5.35. The van der Waals surface area contributed by atoms with Crippen LogP contribution >= 0.6 is 0 Å². The summed E-state index contributed by atoms with van der Waals surface area (Å²) in [6.45, 7) is 1.11. The molecule has 1 aliphatic heterocycles. The van der Waals surface area contributed by atoms with Crippen molar-refractivity contribution in [2.45, 2.75) is 6.42 Å². The van der Waals surface area contributed by atoms with Gasteiger partial charge in [-0.25, -0.2) is 4.79 Å². The molecular formula is C11H13NO5. The van der Waals surface area contributed by atoms with E-state index in [1.54, 1.807) is 4.90 Å². The van der Waals surface area contributed by atoms with Crippen molar-refractivity contribution in [2.24, 2.45) is 5.92 Å². The van der Waals surface area contributed by atoms with E-state index in [-0.39, 0.29) is 30.0 Å². The van der Waals surface area contributed by atoms with Gasteiger partial charge in [0.1, 0.15) is 0 Å². The number of hydrogen-bond donors (Lipinski definition) is 2. The molecule has 2 heterocycles. The molecule has 0 aliphatic carbocycles. The van der Waals surface area contributed by atoms with E-state index in [1.165, 1.54) is 12.1 Å². The first kappa shape index (κ1) is 11.7. The molecule has 2 rings (SSSR count). The number of aromatic carboxylic acids is 1. The Bertz CT molecular complexity index is 439. The number of rotatable bonds is 3. The highest BCUT2D eigenvalue weighted by atomic mass is 16.4. The maximum Gasteiger partial charge on any atom is 0.371 e. The SMILES string of the molecule is O=C(O)c1ccc(C(=O)N2CCC(CO)C2)o1. The highest BCUT2D eigenvalue weighted by Gasteiger charge is 2.28. The summed E-state index contributed by atoms with van der Waals surface area (Å²) < 4.78 is 4.93. The first-order valence-corrected chi connectivity index (χ1v) is 5.35. The summed E-state index contributed by atoms with van der Waals surface area (Å²) in [6.07, 6.45) is 0.759. The van der Waals surface area contributed by atoms with E-state index in [2.05, 4.69) is 0 Å². The van der Waals surface area contributed by atoms with Gasteiger partial charge in [-0.2, -0.15) is 0 Å². The molecule has 6 heteroatoms. The average Bonchev–Trinajstić information content (AvgIpc) is 2.97. The third kappa shape index (κ3) is 2.31. The molecule has 1 atom stereocenters. The van der Waals surface area contributed by atoms with Gasteiger partial charge < -0.3 is 19.5 Å². The number of carbonyl (C=O) groups is 2. The van der Waals surface area contributed by atoms with Crippen molar-refractivity contribution in [1.82, 2.24) is 4.90 Å². The minimum Gasteiger partial charge on any atom is -0.475 e. The van der Waals surface area contributed by atoms with Gasteiger partial charge in [-0.1, -0.05) is 0 Å². The second-order valence-corrected chi connectivity index (χ2v) is 4.06. The van der Waals surface area contributed by atoms with Gasteiger partial charge in [-0.3, -0.25) is 4.79 Å². The molecule has 92 valence electrons. The molecule has 17 heavy (non-hydrogen) atoms. The van der Waals surface area contributed by atoms with Crippen molar-refractivity contribution in [3.05, 3.63) is 23.7 Å². The van der Waals surface area contributed by atoms with Crippen LogP contribution < -0.4 is 0 Å². The van der Waals surface area contributed by atoms with Crippen molar-refractivity contribution in [3.63, 3.8) is 0 Å². The van der Waals surface area contributed by atoms with Gasteiger partial charge in [0, 0.05) is 25.6 Å². The van der Waals surface area contributed by atoms with Gasteiger partial charge in [0.05, 0.1) is 0 Å². The Balaban J connectivity index is 2.07. The fourth-order valence-electron chi connectivity index (χ4n) is 1.89. The van der Waals surface area contributed by atoms with Crippen molar-refractivity contribution >= 4 is 11.9 Å². The zero-order valence-corrected chi connectivity index (χ0v) is 9.13. The monoisotopic (exact) mass is 239 g/mol. The lowest BCUT2D eigenvalue weighted by Gasteiger charge is -2.13. The van der Waals surface area contributed by atoms with E-state index < -0.39 is 5.97 Å². The lowest BCUT2D eigenvalue weighted by Crippen LogP contribution is -2.28. The minimum absolute atomic E-state index is 0.0287. The number of carboxylic acid groups (broad SMARTS) is 1. The van der Waals surface area contributed by atoms with Gasteiger partial charge >= 0.3 is 5.97 Å². The smallest absolute Gasteiger partial charge is 0.371 e. The lowest BCUT2D eigenvalue weighted by atomic mass is 10.1. The number of aliphatic hydroxyl groups excluding tert-OH is 1.